The van der Waals surface area contributed by atoms with E-state index in [1.54, 1.807) is 0 Å². The lowest BCUT2D eigenvalue weighted by Crippen LogP contribution is -2.36. The van der Waals surface area contributed by atoms with Crippen LogP contribution in [0.5, 0.6) is 0 Å². The number of benzene rings is 1. The molecule has 0 amide bonds. The van der Waals surface area contributed by atoms with Gasteiger partial charge in [-0.05, 0) is 35.3 Å². The number of aliphatic hydroxyl groups excluding tert-OH is 1. The predicted octanol–water partition coefficient (Wildman–Crippen LogP) is 2.52. The molecule has 76 valence electrons. The normalized spacial score (nSPS) is 24.4. The van der Waals surface area contributed by atoms with Crippen LogP contribution < -0.4 is 0 Å². The monoisotopic (exact) mass is 190 g/mol. The topological polar surface area (TPSA) is 20.2 Å². The summed E-state index contributed by atoms with van der Waals surface area (Å²) in [5.74, 6) is 0.414. The van der Waals surface area contributed by atoms with Gasteiger partial charge >= 0.3 is 0 Å². The molecule has 1 nitrogen and oxygen atoms in total. The fraction of sp³-hybridized carbons (Fsp3) is 0.538. The minimum Gasteiger partial charge on any atom is -0.396 e. The first-order valence-electron chi connectivity index (χ1n) is 5.35. The maximum absolute atomic E-state index is 9.35. The van der Waals surface area contributed by atoms with Gasteiger partial charge in [0.05, 0.1) is 0 Å². The molecule has 0 aliphatic heterocycles. The first-order valence-corrected chi connectivity index (χ1v) is 5.35. The third-order valence-corrected chi connectivity index (χ3v) is 3.71. The maximum Gasteiger partial charge on any atom is 0.0467 e. The maximum atomic E-state index is 9.35. The second-order valence-electron chi connectivity index (χ2n) is 4.80. The lowest BCUT2D eigenvalue weighted by atomic mass is 9.66. The van der Waals surface area contributed by atoms with E-state index in [2.05, 4.69) is 38.1 Å². The van der Waals surface area contributed by atoms with E-state index in [1.165, 1.54) is 11.1 Å². The zero-order valence-corrected chi connectivity index (χ0v) is 8.96. The first kappa shape index (κ1) is 9.72. The SMILES string of the molecule is CC1(C)c2ccccc2CCC1CO. The van der Waals surface area contributed by atoms with Crippen molar-refractivity contribution in [1.29, 1.82) is 0 Å². The van der Waals surface area contributed by atoms with E-state index in [-0.39, 0.29) is 5.41 Å². The van der Waals surface area contributed by atoms with Crippen molar-refractivity contribution < 1.29 is 5.11 Å². The van der Waals surface area contributed by atoms with Crippen molar-refractivity contribution in [1.82, 2.24) is 0 Å². The van der Waals surface area contributed by atoms with Gasteiger partial charge in [-0.15, -0.1) is 0 Å². The summed E-state index contributed by atoms with van der Waals surface area (Å²) in [6, 6.07) is 8.62. The van der Waals surface area contributed by atoms with Crippen LogP contribution in [0, 0.1) is 5.92 Å². The Morgan fingerprint density at radius 2 is 2.07 bits per heavy atom. The Balaban J connectivity index is 2.46. The molecule has 0 spiro atoms. The van der Waals surface area contributed by atoms with Gasteiger partial charge in [-0.2, -0.15) is 0 Å². The Hall–Kier alpha value is -0.820. The molecule has 1 aliphatic rings. The van der Waals surface area contributed by atoms with Crippen molar-refractivity contribution in [3.05, 3.63) is 35.4 Å². The van der Waals surface area contributed by atoms with Crippen LogP contribution in [0.4, 0.5) is 0 Å². The van der Waals surface area contributed by atoms with Gasteiger partial charge in [-0.1, -0.05) is 38.1 Å². The van der Waals surface area contributed by atoms with E-state index in [9.17, 15) is 5.11 Å². The fourth-order valence-corrected chi connectivity index (χ4v) is 2.60. The van der Waals surface area contributed by atoms with Crippen LogP contribution in [-0.4, -0.2) is 11.7 Å². The quantitative estimate of drug-likeness (QED) is 0.721. The summed E-state index contributed by atoms with van der Waals surface area (Å²) < 4.78 is 0. The highest BCUT2D eigenvalue weighted by atomic mass is 16.3. The van der Waals surface area contributed by atoms with E-state index in [4.69, 9.17) is 0 Å². The molecule has 1 atom stereocenters. The standard InChI is InChI=1S/C13H18O/c1-13(2)11(9-14)8-7-10-5-3-4-6-12(10)13/h3-6,11,14H,7-9H2,1-2H3. The number of hydrogen-bond acceptors (Lipinski definition) is 1. The number of fused-ring (bicyclic) bond motifs is 1. The highest BCUT2D eigenvalue weighted by molar-refractivity contribution is 5.36. The molecule has 1 unspecified atom stereocenters. The fourth-order valence-electron chi connectivity index (χ4n) is 2.60. The summed E-state index contributed by atoms with van der Waals surface area (Å²) in [6.45, 7) is 4.79. The van der Waals surface area contributed by atoms with Crippen molar-refractivity contribution in [2.24, 2.45) is 5.92 Å². The van der Waals surface area contributed by atoms with E-state index in [1.807, 2.05) is 0 Å². The molecule has 0 saturated carbocycles. The number of rotatable bonds is 1. The third-order valence-electron chi connectivity index (χ3n) is 3.71. The average Bonchev–Trinajstić information content (AvgIpc) is 2.18. The van der Waals surface area contributed by atoms with Gasteiger partial charge in [0.25, 0.3) is 0 Å². The molecule has 1 aromatic carbocycles. The summed E-state index contributed by atoms with van der Waals surface area (Å²) in [4.78, 5) is 0. The second-order valence-corrected chi connectivity index (χ2v) is 4.80. The number of aryl methyl sites for hydroxylation is 1. The molecule has 1 heteroatoms. The lowest BCUT2D eigenvalue weighted by Gasteiger charge is -2.39. The zero-order chi connectivity index (χ0) is 10.2. The van der Waals surface area contributed by atoms with Crippen LogP contribution in [0.3, 0.4) is 0 Å². The van der Waals surface area contributed by atoms with Crippen LogP contribution in [0.15, 0.2) is 24.3 Å². The minimum atomic E-state index is 0.129. The van der Waals surface area contributed by atoms with Crippen molar-refractivity contribution in [2.75, 3.05) is 6.61 Å². The van der Waals surface area contributed by atoms with Crippen molar-refractivity contribution in [2.45, 2.75) is 32.1 Å². The molecule has 0 bridgehead atoms. The van der Waals surface area contributed by atoms with Gasteiger partial charge in [0.2, 0.25) is 0 Å². The Labute approximate surface area is 85.8 Å². The van der Waals surface area contributed by atoms with E-state index < -0.39 is 0 Å². The molecule has 0 saturated heterocycles. The van der Waals surface area contributed by atoms with Gasteiger partial charge in [-0.3, -0.25) is 0 Å². The van der Waals surface area contributed by atoms with Crippen LogP contribution in [0.25, 0.3) is 0 Å². The summed E-state index contributed by atoms with van der Waals surface area (Å²) >= 11 is 0. The highest BCUT2D eigenvalue weighted by Gasteiger charge is 2.35. The minimum absolute atomic E-state index is 0.129. The number of aliphatic hydroxyl groups is 1. The lowest BCUT2D eigenvalue weighted by molar-refractivity contribution is 0.150. The summed E-state index contributed by atoms with van der Waals surface area (Å²) in [5, 5.41) is 9.35. The molecular formula is C13H18O. The molecule has 1 aromatic rings. The summed E-state index contributed by atoms with van der Waals surface area (Å²) in [6.07, 6.45) is 2.23. The molecule has 1 aliphatic carbocycles. The van der Waals surface area contributed by atoms with Gasteiger partial charge in [-0.25, -0.2) is 0 Å². The van der Waals surface area contributed by atoms with Crippen LogP contribution in [0.2, 0.25) is 0 Å². The van der Waals surface area contributed by atoms with Gasteiger partial charge in [0, 0.05) is 6.61 Å². The van der Waals surface area contributed by atoms with E-state index in [0.29, 0.717) is 12.5 Å². The molecular weight excluding hydrogens is 172 g/mol. The molecule has 0 heterocycles. The van der Waals surface area contributed by atoms with Crippen molar-refractivity contribution in [3.8, 4) is 0 Å². The van der Waals surface area contributed by atoms with E-state index >= 15 is 0 Å². The van der Waals surface area contributed by atoms with Gasteiger partial charge in [0.1, 0.15) is 0 Å². The predicted molar refractivity (Wildman–Crippen MR) is 58.4 cm³/mol. The third kappa shape index (κ3) is 1.36. The zero-order valence-electron chi connectivity index (χ0n) is 8.96. The van der Waals surface area contributed by atoms with Gasteiger partial charge in [0.15, 0.2) is 0 Å². The molecule has 0 radical (unpaired) electrons. The first-order chi connectivity index (χ1) is 6.66. The Bertz CT molecular complexity index is 328. The number of hydrogen-bond donors (Lipinski definition) is 1. The molecule has 2 rings (SSSR count). The molecule has 1 N–H and O–H groups in total. The molecule has 14 heavy (non-hydrogen) atoms. The molecule has 0 fully saturated rings. The van der Waals surface area contributed by atoms with Crippen LogP contribution in [-0.2, 0) is 11.8 Å². The van der Waals surface area contributed by atoms with Gasteiger partial charge < -0.3 is 5.11 Å². The highest BCUT2D eigenvalue weighted by Crippen LogP contribution is 2.40. The average molecular weight is 190 g/mol. The Morgan fingerprint density at radius 3 is 2.79 bits per heavy atom. The second kappa shape index (κ2) is 3.39. The van der Waals surface area contributed by atoms with Crippen molar-refractivity contribution >= 4 is 0 Å². The largest absolute Gasteiger partial charge is 0.396 e. The van der Waals surface area contributed by atoms with Crippen molar-refractivity contribution in [3.63, 3.8) is 0 Å². The van der Waals surface area contributed by atoms with E-state index in [0.717, 1.165) is 12.8 Å². The van der Waals surface area contributed by atoms with Crippen LogP contribution >= 0.6 is 0 Å². The summed E-state index contributed by atoms with van der Waals surface area (Å²) in [5.41, 5.74) is 3.01. The Morgan fingerprint density at radius 1 is 1.36 bits per heavy atom. The summed E-state index contributed by atoms with van der Waals surface area (Å²) in [7, 11) is 0. The Kier molecular flexibility index (Phi) is 2.36. The smallest absolute Gasteiger partial charge is 0.0467 e. The van der Waals surface area contributed by atoms with Crippen LogP contribution in [0.1, 0.15) is 31.4 Å². The molecule has 0 aromatic heterocycles.